The molecule has 0 fully saturated rings. The summed E-state index contributed by atoms with van der Waals surface area (Å²) in [5.74, 6) is 8.40. The van der Waals surface area contributed by atoms with Crippen molar-refractivity contribution in [2.45, 2.75) is 104 Å². The highest BCUT2D eigenvalue weighted by molar-refractivity contribution is 7.96. The summed E-state index contributed by atoms with van der Waals surface area (Å²) in [5, 5.41) is 0. The van der Waals surface area contributed by atoms with Crippen molar-refractivity contribution in [2.75, 3.05) is 23.0 Å². The minimum Gasteiger partial charge on any atom is -0.726 e. The third kappa shape index (κ3) is 26.0. The summed E-state index contributed by atoms with van der Waals surface area (Å²) >= 11 is 0. The molecule has 0 saturated heterocycles. The maximum atomic E-state index is 10.0. The Morgan fingerprint density at radius 2 is 0.740 bits per heavy atom. The maximum Gasteiger partial charge on any atom is 0.217 e. The van der Waals surface area contributed by atoms with E-state index in [1.165, 1.54) is 85.9 Å². The number of hydrogen-bond donors (Lipinski definition) is 0. The fraction of sp³-hybridized carbons (Fsp3) is 0.526. The van der Waals surface area contributed by atoms with E-state index < -0.39 is 20.8 Å². The lowest BCUT2D eigenvalue weighted by Gasteiger charge is -2.10. The van der Waals surface area contributed by atoms with E-state index in [-0.39, 0.29) is 13.2 Å². The number of benzene rings is 3. The van der Waals surface area contributed by atoms with Crippen molar-refractivity contribution in [3.63, 3.8) is 0 Å². The Kier molecular flexibility index (Phi) is 25.6. The van der Waals surface area contributed by atoms with Gasteiger partial charge in [0.05, 0.1) is 13.2 Å². The highest BCUT2D eigenvalue weighted by atomic mass is 32.3. The molecular formula is C38H58O8S4. The Bertz CT molecular complexity index is 1330. The first-order chi connectivity index (χ1) is 23.9. The molecule has 0 radical (unpaired) electrons. The lowest BCUT2D eigenvalue weighted by molar-refractivity contribution is 0.251. The molecule has 0 atom stereocenters. The van der Waals surface area contributed by atoms with Crippen molar-refractivity contribution in [1.29, 1.82) is 0 Å². The largest absolute Gasteiger partial charge is 0.726 e. The Morgan fingerprint density at radius 1 is 0.460 bits per heavy atom. The van der Waals surface area contributed by atoms with E-state index >= 15 is 0 Å². The number of hydrogen-bond acceptors (Lipinski definition) is 8. The molecular weight excluding hydrogens is 713 g/mol. The van der Waals surface area contributed by atoms with E-state index in [0.717, 1.165) is 0 Å². The Morgan fingerprint density at radius 3 is 0.980 bits per heavy atom. The molecule has 0 aromatic heterocycles. The normalized spacial score (nSPS) is 11.5. The molecule has 0 heterocycles. The van der Waals surface area contributed by atoms with Gasteiger partial charge in [-0.2, -0.15) is 0 Å². The third-order valence-corrected chi connectivity index (χ3v) is 13.1. The van der Waals surface area contributed by atoms with Gasteiger partial charge in [0.1, 0.15) is 34.5 Å². The predicted octanol–water partition coefficient (Wildman–Crippen LogP) is 8.45. The summed E-state index contributed by atoms with van der Waals surface area (Å²) in [5.41, 5.74) is 4.45. The van der Waals surface area contributed by atoms with Gasteiger partial charge in [-0.3, -0.25) is 8.37 Å². The average molecular weight is 771 g/mol. The summed E-state index contributed by atoms with van der Waals surface area (Å²) in [7, 11) is -7.94. The van der Waals surface area contributed by atoms with Crippen LogP contribution in [0.4, 0.5) is 0 Å². The molecule has 0 spiro atoms. The van der Waals surface area contributed by atoms with E-state index in [2.05, 4.69) is 60.3 Å². The average Bonchev–Trinajstić information content (AvgIpc) is 3.10. The Hall–Kier alpha value is -1.90. The van der Waals surface area contributed by atoms with Crippen LogP contribution in [0.2, 0.25) is 0 Å². The second-order valence-corrected chi connectivity index (χ2v) is 18.6. The first kappa shape index (κ1) is 46.1. The molecule has 0 N–H and O–H groups in total. The highest BCUT2D eigenvalue weighted by Gasteiger charge is 2.20. The zero-order chi connectivity index (χ0) is 37.1. The van der Waals surface area contributed by atoms with Crippen LogP contribution in [0.15, 0.2) is 84.9 Å². The standard InChI is InChI=1S/C24H44S2.2C7H8O4S/c1-5-9-17-25(18-10-6-2)21-23-13-15-24(16-14-23)22-26(19-11-7-3)20-12-8-4;2*8-12(9,10)11-6-7-4-2-1-3-5-7/h13-16H,5-12,17-22H2,1-4H3;2*1-5H,6H2,(H,8,9,10)/q+2;;/p-2. The summed E-state index contributed by atoms with van der Waals surface area (Å²) in [6.07, 6.45) is 11.0. The zero-order valence-electron chi connectivity index (χ0n) is 30.3. The minimum absolute atomic E-state index is 0.202. The summed E-state index contributed by atoms with van der Waals surface area (Å²) in [6, 6.07) is 26.9. The van der Waals surface area contributed by atoms with Crippen molar-refractivity contribution in [2.24, 2.45) is 0 Å². The fourth-order valence-electron chi connectivity index (χ4n) is 4.52. The fourth-order valence-corrected chi connectivity index (χ4v) is 10.2. The van der Waals surface area contributed by atoms with Crippen molar-refractivity contribution < 1.29 is 34.3 Å². The van der Waals surface area contributed by atoms with Crippen LogP contribution >= 0.6 is 0 Å². The first-order valence-electron chi connectivity index (χ1n) is 17.5. The van der Waals surface area contributed by atoms with Crippen molar-refractivity contribution in [3.05, 3.63) is 107 Å². The van der Waals surface area contributed by atoms with Gasteiger partial charge >= 0.3 is 0 Å². The molecule has 12 heteroatoms. The van der Waals surface area contributed by atoms with Gasteiger partial charge < -0.3 is 9.11 Å². The molecule has 3 aromatic carbocycles. The van der Waals surface area contributed by atoms with Crippen LogP contribution in [0, 0.1) is 0 Å². The molecule has 0 amide bonds. The summed E-state index contributed by atoms with van der Waals surface area (Å²) in [4.78, 5) is 0. The quantitative estimate of drug-likeness (QED) is 0.0565. The van der Waals surface area contributed by atoms with Crippen molar-refractivity contribution in [1.82, 2.24) is 0 Å². The van der Waals surface area contributed by atoms with Gasteiger partial charge in [-0.25, -0.2) is 16.8 Å². The number of rotatable bonds is 22. The molecule has 0 saturated carbocycles. The zero-order valence-corrected chi connectivity index (χ0v) is 33.6. The molecule has 3 rings (SSSR count). The monoisotopic (exact) mass is 770 g/mol. The molecule has 0 aliphatic heterocycles. The SMILES string of the molecule is CCCC[S+](CCCC)Cc1ccc(C[S+](CCCC)CCCC)cc1.O=S(=O)([O-])OCc1ccccc1.O=S(=O)([O-])OCc1ccccc1. The van der Waals surface area contributed by atoms with Gasteiger partial charge in [-0.15, -0.1) is 0 Å². The molecule has 8 nitrogen and oxygen atoms in total. The van der Waals surface area contributed by atoms with E-state index in [9.17, 15) is 25.9 Å². The van der Waals surface area contributed by atoms with Crippen molar-refractivity contribution >= 4 is 42.6 Å². The molecule has 0 unspecified atom stereocenters. The lowest BCUT2D eigenvalue weighted by Crippen LogP contribution is -2.16. The Balaban J connectivity index is 0.000000429. The van der Waals surface area contributed by atoms with Crippen LogP contribution in [0.3, 0.4) is 0 Å². The molecule has 0 aliphatic rings. The van der Waals surface area contributed by atoms with Gasteiger partial charge in [0.25, 0.3) is 0 Å². The smallest absolute Gasteiger partial charge is 0.217 e. The predicted molar refractivity (Wildman–Crippen MR) is 210 cm³/mol. The van der Waals surface area contributed by atoms with Gasteiger partial charge in [0.15, 0.2) is 0 Å². The summed E-state index contributed by atoms with van der Waals surface area (Å²) < 4.78 is 68.2. The van der Waals surface area contributed by atoms with Crippen LogP contribution in [0.25, 0.3) is 0 Å². The molecule has 0 aliphatic carbocycles. The van der Waals surface area contributed by atoms with Gasteiger partial charge in [-0.05, 0) is 58.6 Å². The first-order valence-corrected chi connectivity index (χ1v) is 23.7. The van der Waals surface area contributed by atoms with Crippen LogP contribution in [-0.4, -0.2) is 49.0 Å². The molecule has 282 valence electrons. The molecule has 0 bridgehead atoms. The minimum atomic E-state index is -4.57. The van der Waals surface area contributed by atoms with Crippen LogP contribution in [0.1, 0.15) is 101 Å². The highest BCUT2D eigenvalue weighted by Crippen LogP contribution is 2.18. The van der Waals surface area contributed by atoms with Gasteiger partial charge in [0.2, 0.25) is 20.8 Å². The topological polar surface area (TPSA) is 133 Å². The molecule has 50 heavy (non-hydrogen) atoms. The van der Waals surface area contributed by atoms with Crippen molar-refractivity contribution in [3.8, 4) is 0 Å². The van der Waals surface area contributed by atoms with Gasteiger partial charge in [-0.1, -0.05) is 138 Å². The third-order valence-electron chi connectivity index (χ3n) is 7.34. The van der Waals surface area contributed by atoms with E-state index in [0.29, 0.717) is 32.9 Å². The lowest BCUT2D eigenvalue weighted by atomic mass is 10.2. The van der Waals surface area contributed by atoms with Crippen LogP contribution in [-0.2, 0) is 75.7 Å². The van der Waals surface area contributed by atoms with E-state index in [4.69, 9.17) is 0 Å². The number of unbranched alkanes of at least 4 members (excludes halogenated alkanes) is 4. The second kappa shape index (κ2) is 27.7. The second-order valence-electron chi connectivity index (χ2n) is 11.9. The molecule has 3 aromatic rings. The van der Waals surface area contributed by atoms with E-state index in [1.54, 1.807) is 71.8 Å². The van der Waals surface area contributed by atoms with E-state index in [1.807, 2.05) is 0 Å². The van der Waals surface area contributed by atoms with Gasteiger partial charge in [0, 0.05) is 11.1 Å². The summed E-state index contributed by atoms with van der Waals surface area (Å²) in [6.45, 7) is 8.89. The van der Waals surface area contributed by atoms with Crippen LogP contribution < -0.4 is 0 Å². The van der Waals surface area contributed by atoms with Crippen LogP contribution in [0.5, 0.6) is 0 Å². The maximum absolute atomic E-state index is 10.0. The Labute approximate surface area is 309 Å².